The first kappa shape index (κ1) is 14.2. The van der Waals surface area contributed by atoms with E-state index in [4.69, 9.17) is 0 Å². The minimum absolute atomic E-state index is 0.00998. The fourth-order valence-corrected chi connectivity index (χ4v) is 2.23. The third kappa shape index (κ3) is 5.84. The van der Waals surface area contributed by atoms with Gasteiger partial charge in [-0.2, -0.15) is 11.3 Å². The molecule has 0 aliphatic rings. The Hall–Kier alpha value is -0.870. The van der Waals surface area contributed by atoms with E-state index in [9.17, 15) is 9.90 Å². The molecule has 0 saturated carbocycles. The molecule has 0 saturated heterocycles. The fourth-order valence-electron chi connectivity index (χ4n) is 1.52. The largest absolute Gasteiger partial charge is 0.388 e. The minimum Gasteiger partial charge on any atom is -0.388 e. The number of carbonyl (C=O) groups excluding carboxylic acids is 1. The molecule has 96 valence electrons. The molecule has 2 N–H and O–H groups in total. The monoisotopic (exact) mass is 255 g/mol. The molecule has 17 heavy (non-hydrogen) atoms. The Morgan fingerprint density at radius 3 is 2.76 bits per heavy atom. The van der Waals surface area contributed by atoms with Crippen molar-refractivity contribution >= 4 is 17.2 Å². The van der Waals surface area contributed by atoms with E-state index in [2.05, 4.69) is 5.32 Å². The second-order valence-corrected chi connectivity index (χ2v) is 6.23. The van der Waals surface area contributed by atoms with Crippen LogP contribution in [0.5, 0.6) is 0 Å². The van der Waals surface area contributed by atoms with E-state index in [0.29, 0.717) is 19.4 Å². The summed E-state index contributed by atoms with van der Waals surface area (Å²) in [5, 5.41) is 16.5. The van der Waals surface area contributed by atoms with Crippen LogP contribution in [0.2, 0.25) is 0 Å². The Kier molecular flexibility index (Phi) is 5.15. The van der Waals surface area contributed by atoms with Crippen molar-refractivity contribution < 1.29 is 9.90 Å². The lowest BCUT2D eigenvalue weighted by atomic mass is 9.92. The summed E-state index contributed by atoms with van der Waals surface area (Å²) in [7, 11) is 0. The highest BCUT2D eigenvalue weighted by Crippen LogP contribution is 2.19. The molecular formula is C13H21NO2S. The second kappa shape index (κ2) is 6.17. The number of thiophene rings is 1. The van der Waals surface area contributed by atoms with Crippen molar-refractivity contribution in [2.75, 3.05) is 6.54 Å². The average Bonchev–Trinajstić information content (AvgIpc) is 2.66. The van der Waals surface area contributed by atoms with Crippen LogP contribution >= 0.6 is 11.3 Å². The Morgan fingerprint density at radius 1 is 1.53 bits per heavy atom. The minimum atomic E-state index is -0.476. The standard InChI is InChI=1S/C13H21NO2S/c1-13(2,3)8-12(16)14-6-4-11(15)10-5-7-17-9-10/h5,7,9,11,15H,4,6,8H2,1-3H3,(H,14,16). The Balaban J connectivity index is 2.22. The fraction of sp³-hybridized carbons (Fsp3) is 0.615. The maximum atomic E-state index is 11.5. The van der Waals surface area contributed by atoms with E-state index in [1.54, 1.807) is 11.3 Å². The van der Waals surface area contributed by atoms with Crippen molar-refractivity contribution in [2.45, 2.75) is 39.7 Å². The van der Waals surface area contributed by atoms with Gasteiger partial charge in [-0.1, -0.05) is 20.8 Å². The smallest absolute Gasteiger partial charge is 0.220 e. The van der Waals surface area contributed by atoms with Crippen molar-refractivity contribution in [3.63, 3.8) is 0 Å². The molecule has 1 aromatic heterocycles. The molecule has 3 nitrogen and oxygen atoms in total. The summed E-state index contributed by atoms with van der Waals surface area (Å²) in [5.41, 5.74) is 0.941. The van der Waals surface area contributed by atoms with Gasteiger partial charge in [-0.05, 0) is 34.2 Å². The van der Waals surface area contributed by atoms with Gasteiger partial charge in [0, 0.05) is 13.0 Å². The topological polar surface area (TPSA) is 49.3 Å². The van der Waals surface area contributed by atoms with Crippen molar-refractivity contribution in [3.8, 4) is 0 Å². The van der Waals surface area contributed by atoms with Crippen LogP contribution in [0.4, 0.5) is 0 Å². The average molecular weight is 255 g/mol. The molecule has 0 fully saturated rings. The summed E-state index contributed by atoms with van der Waals surface area (Å²) < 4.78 is 0. The van der Waals surface area contributed by atoms with Crippen LogP contribution in [-0.4, -0.2) is 17.6 Å². The predicted octanol–water partition coefficient (Wildman–Crippen LogP) is 2.72. The van der Waals surface area contributed by atoms with Gasteiger partial charge in [-0.25, -0.2) is 0 Å². The summed E-state index contributed by atoms with van der Waals surface area (Å²) in [4.78, 5) is 11.5. The molecule has 0 aliphatic heterocycles. The Labute approximate surface area is 107 Å². The second-order valence-electron chi connectivity index (χ2n) is 5.45. The van der Waals surface area contributed by atoms with Gasteiger partial charge < -0.3 is 10.4 Å². The van der Waals surface area contributed by atoms with Crippen molar-refractivity contribution in [1.82, 2.24) is 5.32 Å². The molecule has 0 aromatic carbocycles. The van der Waals surface area contributed by atoms with Crippen LogP contribution in [0, 0.1) is 5.41 Å². The molecule has 0 aliphatic carbocycles. The molecule has 0 spiro atoms. The zero-order valence-corrected chi connectivity index (χ0v) is 11.5. The molecule has 0 radical (unpaired) electrons. The van der Waals surface area contributed by atoms with Crippen LogP contribution in [-0.2, 0) is 4.79 Å². The molecule has 1 rings (SSSR count). The van der Waals surface area contributed by atoms with Gasteiger partial charge in [-0.3, -0.25) is 4.79 Å². The molecule has 1 aromatic rings. The highest BCUT2D eigenvalue weighted by Gasteiger charge is 2.16. The van der Waals surface area contributed by atoms with Crippen LogP contribution in [0.3, 0.4) is 0 Å². The molecule has 0 bridgehead atoms. The van der Waals surface area contributed by atoms with Crippen LogP contribution in [0.1, 0.15) is 45.3 Å². The molecule has 1 amide bonds. The highest BCUT2D eigenvalue weighted by atomic mass is 32.1. The molecule has 1 atom stereocenters. The predicted molar refractivity (Wildman–Crippen MR) is 71.0 cm³/mol. The Bertz CT molecular complexity index is 341. The van der Waals surface area contributed by atoms with Crippen LogP contribution in [0.25, 0.3) is 0 Å². The lowest BCUT2D eigenvalue weighted by molar-refractivity contribution is -0.122. The number of rotatable bonds is 5. The third-order valence-electron chi connectivity index (χ3n) is 2.36. The number of carbonyl (C=O) groups is 1. The number of hydrogen-bond donors (Lipinski definition) is 2. The summed E-state index contributed by atoms with van der Waals surface area (Å²) in [6.07, 6.45) is 0.602. The van der Waals surface area contributed by atoms with E-state index >= 15 is 0 Å². The van der Waals surface area contributed by atoms with Crippen molar-refractivity contribution in [2.24, 2.45) is 5.41 Å². The number of amides is 1. The number of aliphatic hydroxyl groups is 1. The third-order valence-corrected chi connectivity index (χ3v) is 3.06. The normalized spacial score (nSPS) is 13.4. The summed E-state index contributed by atoms with van der Waals surface area (Å²) >= 11 is 1.57. The number of hydrogen-bond acceptors (Lipinski definition) is 3. The summed E-state index contributed by atoms with van der Waals surface area (Å²) in [6.45, 7) is 6.62. The first-order chi connectivity index (χ1) is 7.88. The quantitative estimate of drug-likeness (QED) is 0.850. The first-order valence-corrected chi connectivity index (χ1v) is 6.79. The van der Waals surface area contributed by atoms with Gasteiger partial charge in [0.25, 0.3) is 0 Å². The van der Waals surface area contributed by atoms with Crippen molar-refractivity contribution in [3.05, 3.63) is 22.4 Å². The van der Waals surface area contributed by atoms with Gasteiger partial charge in [0.15, 0.2) is 0 Å². The lowest BCUT2D eigenvalue weighted by Gasteiger charge is -2.17. The van der Waals surface area contributed by atoms with Crippen molar-refractivity contribution in [1.29, 1.82) is 0 Å². The maximum Gasteiger partial charge on any atom is 0.220 e. The molecule has 4 heteroatoms. The van der Waals surface area contributed by atoms with E-state index in [0.717, 1.165) is 5.56 Å². The van der Waals surface area contributed by atoms with Crippen LogP contribution < -0.4 is 5.32 Å². The van der Waals surface area contributed by atoms with Gasteiger partial charge >= 0.3 is 0 Å². The zero-order valence-electron chi connectivity index (χ0n) is 10.7. The van der Waals surface area contributed by atoms with Crippen LogP contribution in [0.15, 0.2) is 16.8 Å². The van der Waals surface area contributed by atoms with E-state index in [-0.39, 0.29) is 11.3 Å². The Morgan fingerprint density at radius 2 is 2.24 bits per heavy atom. The summed E-state index contributed by atoms with van der Waals surface area (Å²) in [6, 6.07) is 1.91. The van der Waals surface area contributed by atoms with Gasteiger partial charge in [0.2, 0.25) is 5.91 Å². The number of nitrogens with one attached hydrogen (secondary N) is 1. The molecule has 1 heterocycles. The van der Waals surface area contributed by atoms with Gasteiger partial charge in [0.05, 0.1) is 6.10 Å². The SMILES string of the molecule is CC(C)(C)CC(=O)NCCC(O)c1ccsc1. The summed E-state index contributed by atoms with van der Waals surface area (Å²) in [5.74, 6) is 0.0509. The maximum absolute atomic E-state index is 11.5. The van der Waals surface area contributed by atoms with Gasteiger partial charge in [-0.15, -0.1) is 0 Å². The number of aliphatic hydroxyl groups excluding tert-OH is 1. The lowest BCUT2D eigenvalue weighted by Crippen LogP contribution is -2.29. The first-order valence-electron chi connectivity index (χ1n) is 5.85. The molecule has 1 unspecified atom stereocenters. The zero-order chi connectivity index (χ0) is 12.9. The highest BCUT2D eigenvalue weighted by molar-refractivity contribution is 7.07. The van der Waals surface area contributed by atoms with Gasteiger partial charge in [0.1, 0.15) is 0 Å². The van der Waals surface area contributed by atoms with E-state index in [1.807, 2.05) is 37.6 Å². The van der Waals surface area contributed by atoms with E-state index in [1.165, 1.54) is 0 Å². The molecular weight excluding hydrogens is 234 g/mol. The van der Waals surface area contributed by atoms with E-state index < -0.39 is 6.10 Å².